The molecule has 6 heteroatoms. The molecule has 1 amide bonds. The standard InChI is InChI=1S/C12H13N3O3/c1-3-10(12(17)18)15(2)11(16)9-5-4-8(6-13)7-14-9/h4-5,7,10H,3H2,1-2H3,(H,17,18). The lowest BCUT2D eigenvalue weighted by Crippen LogP contribution is -2.42. The number of carboxylic acid groups (broad SMARTS) is 1. The van der Waals surface area contributed by atoms with Crippen LogP contribution in [0, 0.1) is 11.3 Å². The van der Waals surface area contributed by atoms with Gasteiger partial charge in [-0.2, -0.15) is 5.26 Å². The topological polar surface area (TPSA) is 94.3 Å². The molecule has 0 bridgehead atoms. The molecule has 0 aliphatic rings. The number of carboxylic acids is 1. The molecule has 0 saturated carbocycles. The predicted octanol–water partition coefficient (Wildman–Crippen LogP) is 0.888. The number of pyridine rings is 1. The molecule has 1 rings (SSSR count). The molecule has 0 aliphatic carbocycles. The summed E-state index contributed by atoms with van der Waals surface area (Å²) in [6.45, 7) is 1.69. The van der Waals surface area contributed by atoms with E-state index in [9.17, 15) is 9.59 Å². The van der Waals surface area contributed by atoms with Crippen molar-refractivity contribution in [1.82, 2.24) is 9.88 Å². The Kier molecular flexibility index (Phi) is 4.38. The highest BCUT2D eigenvalue weighted by molar-refractivity contribution is 5.94. The van der Waals surface area contributed by atoms with Crippen molar-refractivity contribution in [2.24, 2.45) is 0 Å². The van der Waals surface area contributed by atoms with Crippen molar-refractivity contribution in [2.45, 2.75) is 19.4 Å². The Morgan fingerprint density at radius 1 is 1.56 bits per heavy atom. The summed E-state index contributed by atoms with van der Waals surface area (Å²) >= 11 is 0. The minimum Gasteiger partial charge on any atom is -0.480 e. The second-order valence-corrected chi connectivity index (χ2v) is 3.72. The smallest absolute Gasteiger partial charge is 0.326 e. The first-order chi connectivity index (χ1) is 8.51. The van der Waals surface area contributed by atoms with E-state index >= 15 is 0 Å². The highest BCUT2D eigenvalue weighted by Gasteiger charge is 2.26. The van der Waals surface area contributed by atoms with Crippen molar-refractivity contribution in [3.63, 3.8) is 0 Å². The van der Waals surface area contributed by atoms with E-state index < -0.39 is 17.9 Å². The van der Waals surface area contributed by atoms with Gasteiger partial charge in [0.05, 0.1) is 5.56 Å². The fraction of sp³-hybridized carbons (Fsp3) is 0.333. The Morgan fingerprint density at radius 3 is 2.61 bits per heavy atom. The third-order valence-corrected chi connectivity index (χ3v) is 2.57. The number of amides is 1. The largest absolute Gasteiger partial charge is 0.480 e. The number of carbonyl (C=O) groups excluding carboxylic acids is 1. The number of carbonyl (C=O) groups is 2. The molecule has 1 unspecified atom stereocenters. The van der Waals surface area contributed by atoms with Crippen LogP contribution in [0.2, 0.25) is 0 Å². The first kappa shape index (κ1) is 13.6. The average molecular weight is 247 g/mol. The molecule has 1 heterocycles. The predicted molar refractivity (Wildman–Crippen MR) is 62.8 cm³/mol. The lowest BCUT2D eigenvalue weighted by atomic mass is 10.2. The van der Waals surface area contributed by atoms with Crippen LogP contribution in [0.5, 0.6) is 0 Å². The van der Waals surface area contributed by atoms with Gasteiger partial charge in [0.15, 0.2) is 0 Å². The summed E-state index contributed by atoms with van der Waals surface area (Å²) in [4.78, 5) is 27.9. The van der Waals surface area contributed by atoms with Crippen molar-refractivity contribution in [1.29, 1.82) is 5.26 Å². The molecule has 1 aromatic rings. The number of hydrogen-bond donors (Lipinski definition) is 1. The SMILES string of the molecule is CCC(C(=O)O)N(C)C(=O)c1ccc(C#N)cn1. The van der Waals surface area contributed by atoms with Crippen molar-refractivity contribution < 1.29 is 14.7 Å². The summed E-state index contributed by atoms with van der Waals surface area (Å²) in [5, 5.41) is 17.6. The van der Waals surface area contributed by atoms with Crippen molar-refractivity contribution in [2.75, 3.05) is 7.05 Å². The van der Waals surface area contributed by atoms with Crippen LogP contribution in [0.3, 0.4) is 0 Å². The van der Waals surface area contributed by atoms with Gasteiger partial charge in [-0.1, -0.05) is 6.92 Å². The third-order valence-electron chi connectivity index (χ3n) is 2.57. The van der Waals surface area contributed by atoms with Crippen LogP contribution in [0.15, 0.2) is 18.3 Å². The lowest BCUT2D eigenvalue weighted by Gasteiger charge is -2.23. The molecule has 0 aromatic carbocycles. The van der Waals surface area contributed by atoms with E-state index in [0.29, 0.717) is 12.0 Å². The summed E-state index contributed by atoms with van der Waals surface area (Å²) < 4.78 is 0. The molecule has 0 radical (unpaired) electrons. The number of nitrogens with zero attached hydrogens (tertiary/aromatic N) is 3. The number of nitriles is 1. The highest BCUT2D eigenvalue weighted by Crippen LogP contribution is 2.08. The van der Waals surface area contributed by atoms with Gasteiger partial charge >= 0.3 is 5.97 Å². The molecular formula is C12H13N3O3. The maximum atomic E-state index is 12.0. The molecular weight excluding hydrogens is 234 g/mol. The molecule has 0 saturated heterocycles. The summed E-state index contributed by atoms with van der Waals surface area (Å²) in [6.07, 6.45) is 1.59. The Bertz CT molecular complexity index is 490. The fourth-order valence-corrected chi connectivity index (χ4v) is 1.52. The zero-order chi connectivity index (χ0) is 13.7. The molecule has 0 aliphatic heterocycles. The van der Waals surface area contributed by atoms with E-state index in [2.05, 4.69) is 4.98 Å². The molecule has 0 fully saturated rings. The highest BCUT2D eigenvalue weighted by atomic mass is 16.4. The van der Waals surface area contributed by atoms with E-state index in [0.717, 1.165) is 4.90 Å². The number of likely N-dealkylation sites (N-methyl/N-ethyl adjacent to an activating group) is 1. The van der Waals surface area contributed by atoms with E-state index in [1.165, 1.54) is 25.4 Å². The van der Waals surface area contributed by atoms with Crippen LogP contribution in [-0.2, 0) is 4.79 Å². The van der Waals surface area contributed by atoms with Crippen molar-refractivity contribution in [3.05, 3.63) is 29.6 Å². The number of aromatic nitrogens is 1. The zero-order valence-corrected chi connectivity index (χ0v) is 10.1. The maximum Gasteiger partial charge on any atom is 0.326 e. The Hall–Kier alpha value is -2.42. The van der Waals surface area contributed by atoms with Crippen LogP contribution in [-0.4, -0.2) is 40.0 Å². The summed E-state index contributed by atoms with van der Waals surface area (Å²) in [7, 11) is 1.42. The zero-order valence-electron chi connectivity index (χ0n) is 10.1. The Labute approximate surface area is 104 Å². The van der Waals surface area contributed by atoms with Crippen LogP contribution in [0.1, 0.15) is 29.4 Å². The monoisotopic (exact) mass is 247 g/mol. The van der Waals surface area contributed by atoms with Gasteiger partial charge in [0.25, 0.3) is 5.91 Å². The van der Waals surface area contributed by atoms with Gasteiger partial charge in [0, 0.05) is 13.2 Å². The molecule has 6 nitrogen and oxygen atoms in total. The number of aliphatic carboxylic acids is 1. The van der Waals surface area contributed by atoms with E-state index in [1.54, 1.807) is 6.92 Å². The van der Waals surface area contributed by atoms with Gasteiger partial charge in [-0.25, -0.2) is 9.78 Å². The fourth-order valence-electron chi connectivity index (χ4n) is 1.52. The molecule has 1 atom stereocenters. The normalized spacial score (nSPS) is 11.4. The van der Waals surface area contributed by atoms with Crippen LogP contribution in [0.4, 0.5) is 0 Å². The Morgan fingerprint density at radius 2 is 2.22 bits per heavy atom. The van der Waals surface area contributed by atoms with Gasteiger partial charge in [-0.15, -0.1) is 0 Å². The molecule has 0 spiro atoms. The molecule has 1 aromatic heterocycles. The van der Waals surface area contributed by atoms with Crippen LogP contribution in [0.25, 0.3) is 0 Å². The van der Waals surface area contributed by atoms with Gasteiger partial charge in [-0.3, -0.25) is 4.79 Å². The average Bonchev–Trinajstić information content (AvgIpc) is 2.38. The first-order valence-corrected chi connectivity index (χ1v) is 5.37. The minimum absolute atomic E-state index is 0.121. The number of rotatable bonds is 4. The Balaban J connectivity index is 2.92. The van der Waals surface area contributed by atoms with Crippen LogP contribution < -0.4 is 0 Å². The second-order valence-electron chi connectivity index (χ2n) is 3.72. The van der Waals surface area contributed by atoms with Gasteiger partial charge in [-0.05, 0) is 18.6 Å². The second kappa shape index (κ2) is 5.77. The summed E-state index contributed by atoms with van der Waals surface area (Å²) in [5.41, 5.74) is 0.468. The summed E-state index contributed by atoms with van der Waals surface area (Å²) in [5.74, 6) is -1.53. The van der Waals surface area contributed by atoms with Crippen molar-refractivity contribution in [3.8, 4) is 6.07 Å². The first-order valence-electron chi connectivity index (χ1n) is 5.37. The molecule has 1 N–H and O–H groups in total. The quantitative estimate of drug-likeness (QED) is 0.852. The van der Waals surface area contributed by atoms with E-state index in [4.69, 9.17) is 10.4 Å². The summed E-state index contributed by atoms with van der Waals surface area (Å²) in [6, 6.07) is 3.89. The molecule has 18 heavy (non-hydrogen) atoms. The van der Waals surface area contributed by atoms with E-state index in [-0.39, 0.29) is 5.69 Å². The number of hydrogen-bond acceptors (Lipinski definition) is 4. The van der Waals surface area contributed by atoms with Gasteiger partial charge in [0.2, 0.25) is 0 Å². The van der Waals surface area contributed by atoms with Crippen molar-refractivity contribution >= 4 is 11.9 Å². The lowest BCUT2D eigenvalue weighted by molar-refractivity contribution is -0.142. The van der Waals surface area contributed by atoms with Crippen LogP contribution >= 0.6 is 0 Å². The van der Waals surface area contributed by atoms with Gasteiger partial charge < -0.3 is 10.0 Å². The van der Waals surface area contributed by atoms with E-state index in [1.807, 2.05) is 6.07 Å². The maximum absolute atomic E-state index is 12.0. The third kappa shape index (κ3) is 2.83. The van der Waals surface area contributed by atoms with Gasteiger partial charge in [0.1, 0.15) is 17.8 Å². The minimum atomic E-state index is -1.05. The molecule has 94 valence electrons.